The molecule has 4 rings (SSSR count). The van der Waals surface area contributed by atoms with Gasteiger partial charge in [-0.25, -0.2) is 4.79 Å². The first kappa shape index (κ1) is 17.1. The van der Waals surface area contributed by atoms with Crippen molar-refractivity contribution in [2.75, 3.05) is 6.54 Å². The van der Waals surface area contributed by atoms with Gasteiger partial charge in [-0.05, 0) is 41.5 Å². The van der Waals surface area contributed by atoms with Crippen LogP contribution < -0.4 is 5.32 Å². The van der Waals surface area contributed by atoms with Crippen LogP contribution in [0, 0.1) is 0 Å². The van der Waals surface area contributed by atoms with Crippen LogP contribution >= 0.6 is 0 Å². The summed E-state index contributed by atoms with van der Waals surface area (Å²) in [6.07, 6.45) is 2.85. The normalized spacial score (nSPS) is 15.7. The summed E-state index contributed by atoms with van der Waals surface area (Å²) in [6.45, 7) is 0.547. The molecule has 1 aliphatic rings. The van der Waals surface area contributed by atoms with Gasteiger partial charge in [-0.1, -0.05) is 30.3 Å². The van der Waals surface area contributed by atoms with Gasteiger partial charge in [0.25, 0.3) is 5.91 Å². The molecule has 1 aliphatic heterocycles. The Balaban J connectivity index is 1.47. The van der Waals surface area contributed by atoms with Crippen LogP contribution in [-0.4, -0.2) is 23.4 Å². The number of aromatic nitrogens is 1. The molecule has 0 saturated carbocycles. The zero-order chi connectivity index (χ0) is 18.6. The molecular weight excluding hydrogens is 340 g/mol. The van der Waals surface area contributed by atoms with Crippen LogP contribution in [0.15, 0.2) is 66.9 Å². The van der Waals surface area contributed by atoms with Gasteiger partial charge >= 0.3 is 5.97 Å². The fourth-order valence-corrected chi connectivity index (χ4v) is 3.33. The molecule has 3 aromatic rings. The number of H-pyrrole nitrogens is 1. The van der Waals surface area contributed by atoms with E-state index in [1.165, 1.54) is 0 Å². The van der Waals surface area contributed by atoms with E-state index >= 15 is 0 Å². The lowest BCUT2D eigenvalue weighted by atomic mass is 9.93. The second-order valence-electron chi connectivity index (χ2n) is 6.58. The number of esters is 1. The van der Waals surface area contributed by atoms with Crippen LogP contribution in [0.5, 0.6) is 0 Å². The van der Waals surface area contributed by atoms with Crippen molar-refractivity contribution in [2.24, 2.45) is 0 Å². The molecule has 0 radical (unpaired) electrons. The molecular formula is C22H20N2O3. The highest BCUT2D eigenvalue weighted by Crippen LogP contribution is 2.31. The quantitative estimate of drug-likeness (QED) is 0.685. The Hall–Kier alpha value is -3.34. The topological polar surface area (TPSA) is 71.2 Å². The highest BCUT2D eigenvalue weighted by atomic mass is 16.5. The van der Waals surface area contributed by atoms with E-state index in [2.05, 4.69) is 10.3 Å². The second-order valence-corrected chi connectivity index (χ2v) is 6.58. The van der Waals surface area contributed by atoms with Crippen molar-refractivity contribution < 1.29 is 14.3 Å². The number of carbonyl (C=O) groups excluding carboxylic acids is 2. The maximum absolute atomic E-state index is 12.5. The third kappa shape index (κ3) is 3.77. The highest BCUT2D eigenvalue weighted by Gasteiger charge is 2.28. The van der Waals surface area contributed by atoms with Crippen molar-refractivity contribution in [1.29, 1.82) is 0 Å². The van der Waals surface area contributed by atoms with Crippen LogP contribution in [0.25, 0.3) is 0 Å². The lowest BCUT2D eigenvalue weighted by Gasteiger charge is -2.25. The molecule has 2 aromatic carbocycles. The molecule has 0 bridgehead atoms. The monoisotopic (exact) mass is 360 g/mol. The van der Waals surface area contributed by atoms with Crippen molar-refractivity contribution in [1.82, 2.24) is 10.3 Å². The highest BCUT2D eigenvalue weighted by molar-refractivity contribution is 5.97. The van der Waals surface area contributed by atoms with Crippen molar-refractivity contribution in [2.45, 2.75) is 18.9 Å². The van der Waals surface area contributed by atoms with Gasteiger partial charge in [-0.3, -0.25) is 4.79 Å². The Bertz CT molecular complexity index is 949. The summed E-state index contributed by atoms with van der Waals surface area (Å²) < 4.78 is 5.56. The Kier molecular flexibility index (Phi) is 4.75. The van der Waals surface area contributed by atoms with Crippen molar-refractivity contribution in [3.63, 3.8) is 0 Å². The fourth-order valence-electron chi connectivity index (χ4n) is 3.33. The smallest absolute Gasteiger partial charge is 0.339 e. The van der Waals surface area contributed by atoms with E-state index in [-0.39, 0.29) is 18.0 Å². The minimum atomic E-state index is -0.344. The van der Waals surface area contributed by atoms with E-state index < -0.39 is 0 Å². The summed E-state index contributed by atoms with van der Waals surface area (Å²) in [6, 6.07) is 18.7. The number of cyclic esters (lactones) is 1. The summed E-state index contributed by atoms with van der Waals surface area (Å²) in [4.78, 5) is 27.9. The van der Waals surface area contributed by atoms with Gasteiger partial charge in [-0.15, -0.1) is 0 Å². The zero-order valence-electron chi connectivity index (χ0n) is 14.8. The molecule has 5 heteroatoms. The van der Waals surface area contributed by atoms with E-state index in [0.29, 0.717) is 24.1 Å². The van der Waals surface area contributed by atoms with Crippen molar-refractivity contribution >= 4 is 11.9 Å². The molecule has 136 valence electrons. The second kappa shape index (κ2) is 7.50. The minimum Gasteiger partial charge on any atom is -0.454 e. The maximum Gasteiger partial charge on any atom is 0.339 e. The van der Waals surface area contributed by atoms with Crippen LogP contribution in [-0.2, 0) is 17.6 Å². The van der Waals surface area contributed by atoms with Crippen molar-refractivity contribution in [3.8, 4) is 0 Å². The van der Waals surface area contributed by atoms with Gasteiger partial charge in [0.05, 0.1) is 5.56 Å². The molecule has 0 saturated heterocycles. The molecule has 1 atom stereocenters. The number of nitrogens with one attached hydrogen (secondary N) is 2. The van der Waals surface area contributed by atoms with E-state index in [1.54, 1.807) is 18.2 Å². The maximum atomic E-state index is 12.5. The predicted molar refractivity (Wildman–Crippen MR) is 102 cm³/mol. The number of aromatic amines is 1. The van der Waals surface area contributed by atoms with Gasteiger partial charge in [0.15, 0.2) is 0 Å². The first-order valence-corrected chi connectivity index (χ1v) is 9.00. The number of ether oxygens (including phenoxy) is 1. The largest absolute Gasteiger partial charge is 0.454 e. The first-order chi connectivity index (χ1) is 13.2. The summed E-state index contributed by atoms with van der Waals surface area (Å²) in [5, 5.41) is 2.92. The van der Waals surface area contributed by atoms with E-state index in [0.717, 1.165) is 23.2 Å². The fraction of sp³-hybridized carbons (Fsp3) is 0.182. The molecule has 2 heterocycles. The molecule has 0 fully saturated rings. The number of hydrogen-bond donors (Lipinski definition) is 2. The minimum absolute atomic E-state index is 0.139. The summed E-state index contributed by atoms with van der Waals surface area (Å²) in [5.41, 5.74) is 3.97. The van der Waals surface area contributed by atoms with Gasteiger partial charge in [0, 0.05) is 36.8 Å². The predicted octanol–water partition coefficient (Wildman–Crippen LogP) is 3.44. The zero-order valence-corrected chi connectivity index (χ0v) is 14.8. The number of amides is 1. The average molecular weight is 360 g/mol. The first-order valence-electron chi connectivity index (χ1n) is 9.00. The number of carbonyl (C=O) groups is 2. The van der Waals surface area contributed by atoms with Crippen LogP contribution in [0.4, 0.5) is 0 Å². The van der Waals surface area contributed by atoms with Crippen LogP contribution in [0.1, 0.15) is 43.6 Å². The molecule has 0 spiro atoms. The summed E-state index contributed by atoms with van der Waals surface area (Å²) in [5.74, 6) is -0.483. The Labute approximate surface area is 157 Å². The molecule has 27 heavy (non-hydrogen) atoms. The van der Waals surface area contributed by atoms with E-state index in [4.69, 9.17) is 4.74 Å². The number of fused-ring (bicyclic) bond motifs is 1. The van der Waals surface area contributed by atoms with E-state index in [9.17, 15) is 9.59 Å². The summed E-state index contributed by atoms with van der Waals surface area (Å²) >= 11 is 0. The lowest BCUT2D eigenvalue weighted by Crippen LogP contribution is -2.27. The third-order valence-corrected chi connectivity index (χ3v) is 4.76. The molecule has 5 nitrogen and oxygen atoms in total. The molecule has 1 aromatic heterocycles. The lowest BCUT2D eigenvalue weighted by molar-refractivity contribution is 0.0252. The molecule has 2 N–H and O–H groups in total. The Morgan fingerprint density at radius 1 is 1.11 bits per heavy atom. The number of rotatable bonds is 5. The summed E-state index contributed by atoms with van der Waals surface area (Å²) in [7, 11) is 0. The third-order valence-electron chi connectivity index (χ3n) is 4.76. The Morgan fingerprint density at radius 2 is 1.96 bits per heavy atom. The standard InChI is InChI=1S/C22H20N2O3/c25-21(24-12-10-18-7-4-11-23-18)16-8-9-19-17(13-16)14-20(27-22(19)26)15-5-2-1-3-6-15/h1-9,11,13,20,23H,10,12,14H2,(H,24,25)/t20-/m1/s1. The van der Waals surface area contributed by atoms with Gasteiger partial charge < -0.3 is 15.0 Å². The molecule has 0 aliphatic carbocycles. The van der Waals surface area contributed by atoms with Gasteiger partial charge in [0.1, 0.15) is 6.10 Å². The van der Waals surface area contributed by atoms with Crippen molar-refractivity contribution in [3.05, 3.63) is 94.8 Å². The Morgan fingerprint density at radius 3 is 2.74 bits per heavy atom. The number of benzene rings is 2. The van der Waals surface area contributed by atoms with Gasteiger partial charge in [-0.2, -0.15) is 0 Å². The van der Waals surface area contributed by atoms with E-state index in [1.807, 2.05) is 48.7 Å². The molecule has 0 unspecified atom stereocenters. The van der Waals surface area contributed by atoms with Crippen LogP contribution in [0.2, 0.25) is 0 Å². The molecule has 1 amide bonds. The van der Waals surface area contributed by atoms with Gasteiger partial charge in [0.2, 0.25) is 0 Å². The van der Waals surface area contributed by atoms with Crippen LogP contribution in [0.3, 0.4) is 0 Å². The average Bonchev–Trinajstić information content (AvgIpc) is 3.21. The SMILES string of the molecule is O=C(NCCc1ccc[nH]1)c1ccc2c(c1)C[C@H](c1ccccc1)OC2=O. The number of hydrogen-bond acceptors (Lipinski definition) is 3.